The first kappa shape index (κ1) is 24.0. The Kier molecular flexibility index (Phi) is 6.28. The Morgan fingerprint density at radius 3 is 1.29 bits per heavy atom. The van der Waals surface area contributed by atoms with Crippen molar-refractivity contribution in [3.8, 4) is 0 Å². The first-order valence-corrected chi connectivity index (χ1v) is 12.2. The summed E-state index contributed by atoms with van der Waals surface area (Å²) in [5, 5.41) is 6.18. The molecule has 2 heterocycles. The normalized spacial score (nSPS) is 20.8. The van der Waals surface area contributed by atoms with Gasteiger partial charge in [-0.2, -0.15) is 0 Å². The summed E-state index contributed by atoms with van der Waals surface area (Å²) in [7, 11) is 0. The van der Waals surface area contributed by atoms with Gasteiger partial charge in [-0.1, -0.05) is 90.1 Å². The van der Waals surface area contributed by atoms with Gasteiger partial charge in [-0.05, 0) is 45.2 Å². The van der Waals surface area contributed by atoms with E-state index in [0.717, 1.165) is 33.6 Å². The van der Waals surface area contributed by atoms with Crippen molar-refractivity contribution in [1.82, 2.24) is 0 Å². The van der Waals surface area contributed by atoms with Crippen LogP contribution < -0.4 is 10.6 Å². The number of hydrogen-bond donors (Lipinski definition) is 2. The molecule has 0 aromatic heterocycles. The van der Waals surface area contributed by atoms with Crippen LogP contribution in [0.3, 0.4) is 0 Å². The van der Waals surface area contributed by atoms with Crippen LogP contribution in [-0.2, 0) is 20.4 Å². The average molecular weight is 457 g/mol. The quantitative estimate of drug-likeness (QED) is 0.422. The second-order valence-electron chi connectivity index (χ2n) is 11.5. The van der Waals surface area contributed by atoms with Gasteiger partial charge in [0.25, 0.3) is 0 Å². The van der Waals surface area contributed by atoms with Crippen LogP contribution in [0, 0.1) is 0 Å². The van der Waals surface area contributed by atoms with Crippen LogP contribution in [0.2, 0.25) is 0 Å². The van der Waals surface area contributed by atoms with Crippen molar-refractivity contribution in [2.75, 3.05) is 10.6 Å². The standard InChI is InChI=1S/C30H36N2O2/c1-29(2,3)21-11-13-23-19-7-9-20(10-8-19)24-14-12-22(30(4,5)6)18-26(24)32-28(34)16-15-27(33)31-25(23)17-21/h7-14,17-20H,15-16H2,1-6H3,(H,31,33)(H,32,34). The zero-order valence-corrected chi connectivity index (χ0v) is 21.2. The second-order valence-corrected chi connectivity index (χ2v) is 11.5. The summed E-state index contributed by atoms with van der Waals surface area (Å²) >= 11 is 0. The minimum atomic E-state index is -0.148. The van der Waals surface area contributed by atoms with E-state index in [4.69, 9.17) is 0 Å². The highest BCUT2D eigenvalue weighted by molar-refractivity contribution is 5.98. The molecule has 2 aromatic rings. The van der Waals surface area contributed by atoms with Crippen molar-refractivity contribution in [1.29, 1.82) is 0 Å². The van der Waals surface area contributed by atoms with Gasteiger partial charge >= 0.3 is 0 Å². The number of rotatable bonds is 0. The zero-order chi connectivity index (χ0) is 24.7. The number of allylic oxidation sites excluding steroid dienone is 4. The SMILES string of the molecule is CC(C)(C)c1ccc2c(c1)NC(=O)CCC(=O)Nc1cc(C(C)(C)C)ccc1C1C=CC2C=C1. The van der Waals surface area contributed by atoms with Crippen LogP contribution in [0.5, 0.6) is 0 Å². The molecule has 1 aliphatic carbocycles. The smallest absolute Gasteiger partial charge is 0.224 e. The first-order chi connectivity index (χ1) is 15.9. The zero-order valence-electron chi connectivity index (χ0n) is 21.2. The maximum atomic E-state index is 12.8. The van der Waals surface area contributed by atoms with E-state index >= 15 is 0 Å². The molecule has 0 unspecified atom stereocenters. The molecule has 2 N–H and O–H groups in total. The molecule has 0 saturated heterocycles. The largest absolute Gasteiger partial charge is 0.326 e. The van der Waals surface area contributed by atoms with Gasteiger partial charge in [-0.25, -0.2) is 0 Å². The molecule has 0 fully saturated rings. The predicted octanol–water partition coefficient (Wildman–Crippen LogP) is 6.95. The van der Waals surface area contributed by atoms with E-state index in [1.165, 1.54) is 0 Å². The number of nitrogens with one attached hydrogen (secondary N) is 2. The monoisotopic (exact) mass is 456 g/mol. The van der Waals surface area contributed by atoms with E-state index in [0.29, 0.717) is 0 Å². The fourth-order valence-electron chi connectivity index (χ4n) is 4.52. The summed E-state index contributed by atoms with van der Waals surface area (Å²) in [6.07, 6.45) is 9.06. The third kappa shape index (κ3) is 5.16. The molecule has 2 aliphatic heterocycles. The number of carbonyl (C=O) groups excluding carboxylic acids is 2. The van der Waals surface area contributed by atoms with E-state index in [-0.39, 0.29) is 47.3 Å². The third-order valence-corrected chi connectivity index (χ3v) is 6.74. The van der Waals surface area contributed by atoms with Gasteiger partial charge in [0.1, 0.15) is 0 Å². The number of anilines is 2. The van der Waals surface area contributed by atoms with Gasteiger partial charge in [0.05, 0.1) is 0 Å². The lowest BCUT2D eigenvalue weighted by Gasteiger charge is -2.26. The lowest BCUT2D eigenvalue weighted by Crippen LogP contribution is -2.21. The second kappa shape index (κ2) is 8.90. The molecule has 0 saturated carbocycles. The van der Waals surface area contributed by atoms with E-state index in [9.17, 15) is 9.59 Å². The number of benzene rings is 2. The molecule has 4 heteroatoms. The molecule has 5 rings (SSSR count). The van der Waals surface area contributed by atoms with Crippen molar-refractivity contribution >= 4 is 23.2 Å². The molecule has 178 valence electrons. The van der Waals surface area contributed by atoms with Crippen molar-refractivity contribution in [2.24, 2.45) is 0 Å². The number of amides is 2. The Labute approximate surface area is 203 Å². The maximum Gasteiger partial charge on any atom is 0.224 e. The molecule has 0 atom stereocenters. The summed E-state index contributed by atoms with van der Waals surface area (Å²) in [5.41, 5.74) is 6.04. The third-order valence-electron chi connectivity index (χ3n) is 6.74. The average Bonchev–Trinajstić information content (AvgIpc) is 2.76. The highest BCUT2D eigenvalue weighted by atomic mass is 16.2. The molecule has 0 spiro atoms. The van der Waals surface area contributed by atoms with Crippen LogP contribution in [0.4, 0.5) is 11.4 Å². The number of hydrogen-bond acceptors (Lipinski definition) is 2. The number of fused-ring (bicyclic) bond motifs is 5. The van der Waals surface area contributed by atoms with Crippen molar-refractivity contribution in [3.05, 3.63) is 83.0 Å². The molecule has 4 nitrogen and oxygen atoms in total. The van der Waals surface area contributed by atoms with E-state index < -0.39 is 0 Å². The van der Waals surface area contributed by atoms with Crippen molar-refractivity contribution in [3.63, 3.8) is 0 Å². The Morgan fingerprint density at radius 1 is 0.618 bits per heavy atom. The highest BCUT2D eigenvalue weighted by Crippen LogP contribution is 2.38. The first-order valence-electron chi connectivity index (χ1n) is 12.2. The fraction of sp³-hybridized carbons (Fsp3) is 0.400. The molecule has 0 radical (unpaired) electrons. The molecule has 2 bridgehead atoms. The van der Waals surface area contributed by atoms with E-state index in [1.807, 2.05) is 0 Å². The Morgan fingerprint density at radius 2 is 0.971 bits per heavy atom. The van der Waals surface area contributed by atoms with Crippen molar-refractivity contribution < 1.29 is 9.59 Å². The van der Waals surface area contributed by atoms with Gasteiger partial charge in [-0.3, -0.25) is 9.59 Å². The predicted molar refractivity (Wildman–Crippen MR) is 141 cm³/mol. The van der Waals surface area contributed by atoms with Gasteiger partial charge in [0, 0.05) is 36.1 Å². The molecule has 2 aromatic carbocycles. The summed E-state index contributed by atoms with van der Waals surface area (Å²) in [6, 6.07) is 12.7. The topological polar surface area (TPSA) is 58.2 Å². The molecule has 34 heavy (non-hydrogen) atoms. The maximum absolute atomic E-state index is 12.8. The minimum Gasteiger partial charge on any atom is -0.326 e. The van der Waals surface area contributed by atoms with Crippen LogP contribution in [0.15, 0.2) is 60.7 Å². The Bertz CT molecular complexity index is 1070. The highest BCUT2D eigenvalue weighted by Gasteiger charge is 2.24. The van der Waals surface area contributed by atoms with E-state index in [2.05, 4.69) is 113 Å². The summed E-state index contributed by atoms with van der Waals surface area (Å²) in [5.74, 6) is -0.138. The lowest BCUT2D eigenvalue weighted by atomic mass is 9.81. The van der Waals surface area contributed by atoms with Crippen LogP contribution >= 0.6 is 0 Å². The van der Waals surface area contributed by atoms with Crippen molar-refractivity contribution in [2.45, 2.75) is 77.0 Å². The summed E-state index contributed by atoms with van der Waals surface area (Å²) in [6.45, 7) is 13.0. The van der Waals surface area contributed by atoms with Gasteiger partial charge in [-0.15, -0.1) is 0 Å². The molecular weight excluding hydrogens is 420 g/mol. The van der Waals surface area contributed by atoms with Crippen LogP contribution in [0.1, 0.15) is 88.5 Å². The summed E-state index contributed by atoms with van der Waals surface area (Å²) in [4.78, 5) is 25.7. The van der Waals surface area contributed by atoms with E-state index in [1.54, 1.807) is 0 Å². The molecule has 2 amide bonds. The Balaban J connectivity index is 1.78. The van der Waals surface area contributed by atoms with Crippen LogP contribution in [-0.4, -0.2) is 11.8 Å². The lowest BCUT2D eigenvalue weighted by molar-refractivity contribution is -0.121. The Hall–Kier alpha value is -3.14. The minimum absolute atomic E-state index is 0.0301. The van der Waals surface area contributed by atoms with Gasteiger partial charge in [0.2, 0.25) is 11.8 Å². The summed E-state index contributed by atoms with van der Waals surface area (Å²) < 4.78 is 0. The number of carbonyl (C=O) groups is 2. The molecule has 3 aliphatic rings. The fourth-order valence-corrected chi connectivity index (χ4v) is 4.52. The van der Waals surface area contributed by atoms with Crippen LogP contribution in [0.25, 0.3) is 0 Å². The van der Waals surface area contributed by atoms with Gasteiger partial charge in [0.15, 0.2) is 0 Å². The van der Waals surface area contributed by atoms with Gasteiger partial charge < -0.3 is 10.6 Å². The molecular formula is C30H36N2O2.